The van der Waals surface area contributed by atoms with E-state index in [9.17, 15) is 0 Å². The number of rotatable bonds is 9. The second kappa shape index (κ2) is 18.1. The Balaban J connectivity index is 0.736. The molecule has 0 atom stereocenters. The van der Waals surface area contributed by atoms with Gasteiger partial charge in [0.15, 0.2) is 0 Å². The molecule has 0 aliphatic heterocycles. The zero-order chi connectivity index (χ0) is 51.9. The first-order valence-corrected chi connectivity index (χ1v) is 27.0. The molecule has 1 aliphatic rings. The maximum absolute atomic E-state index is 6.50. The van der Waals surface area contributed by atoms with Gasteiger partial charge in [0.1, 0.15) is 11.2 Å². The van der Waals surface area contributed by atoms with Gasteiger partial charge in [-0.2, -0.15) is 0 Å². The van der Waals surface area contributed by atoms with Gasteiger partial charge in [-0.3, -0.25) is 0 Å². The number of fused-ring (bicyclic) bond motifs is 9. The molecule has 0 radical (unpaired) electrons. The molecule has 12 aromatic carbocycles. The summed E-state index contributed by atoms with van der Waals surface area (Å²) in [7, 11) is 0. The summed E-state index contributed by atoms with van der Waals surface area (Å²) in [6, 6.07) is 102. The fourth-order valence-corrected chi connectivity index (χ4v) is 12.4. The van der Waals surface area contributed by atoms with E-state index in [1.165, 1.54) is 99.8 Å². The highest BCUT2D eigenvalue weighted by molar-refractivity contribution is 6.11. The van der Waals surface area contributed by atoms with Crippen molar-refractivity contribution in [1.29, 1.82) is 0 Å². The minimum atomic E-state index is -0.247. The minimum Gasteiger partial charge on any atom is -0.456 e. The molecular formula is C75H52N2O. The Hall–Kier alpha value is -9.96. The lowest BCUT2D eigenvalue weighted by Crippen LogP contribution is -2.16. The summed E-state index contributed by atoms with van der Waals surface area (Å²) < 4.78 is 8.86. The van der Waals surface area contributed by atoms with E-state index in [4.69, 9.17) is 4.42 Å². The van der Waals surface area contributed by atoms with Gasteiger partial charge in [-0.15, -0.1) is 0 Å². The van der Waals surface area contributed by atoms with Crippen LogP contribution in [-0.2, 0) is 5.41 Å². The van der Waals surface area contributed by atoms with Gasteiger partial charge in [0.25, 0.3) is 0 Å². The largest absolute Gasteiger partial charge is 0.456 e. The first-order chi connectivity index (χ1) is 38.4. The van der Waals surface area contributed by atoms with Gasteiger partial charge in [-0.25, -0.2) is 0 Å². The molecule has 0 saturated heterocycles. The highest BCUT2D eigenvalue weighted by Crippen LogP contribution is 2.52. The molecule has 2 heterocycles. The van der Waals surface area contributed by atoms with Crippen LogP contribution in [0.5, 0.6) is 0 Å². The summed E-state index contributed by atoms with van der Waals surface area (Å²) in [5, 5.41) is 4.74. The smallest absolute Gasteiger partial charge is 0.135 e. The van der Waals surface area contributed by atoms with E-state index in [1.54, 1.807) is 0 Å². The third-order valence-electron chi connectivity index (χ3n) is 16.4. The predicted octanol–water partition coefficient (Wildman–Crippen LogP) is 20.8. The van der Waals surface area contributed by atoms with Gasteiger partial charge in [0.05, 0.1) is 11.0 Å². The van der Waals surface area contributed by atoms with Crippen molar-refractivity contribution in [2.75, 3.05) is 4.90 Å². The highest BCUT2D eigenvalue weighted by Gasteiger charge is 2.36. The Morgan fingerprint density at radius 1 is 0.295 bits per heavy atom. The van der Waals surface area contributed by atoms with Crippen molar-refractivity contribution < 1.29 is 4.42 Å². The molecule has 0 amide bonds. The average Bonchev–Trinajstić information content (AvgIpc) is 4.12. The van der Waals surface area contributed by atoms with Gasteiger partial charge in [-0.05, 0) is 175 Å². The Morgan fingerprint density at radius 2 is 0.679 bits per heavy atom. The molecule has 368 valence electrons. The molecule has 0 bridgehead atoms. The van der Waals surface area contributed by atoms with Gasteiger partial charge in [0.2, 0.25) is 0 Å². The van der Waals surface area contributed by atoms with E-state index < -0.39 is 0 Å². The van der Waals surface area contributed by atoms with Crippen molar-refractivity contribution in [1.82, 2.24) is 4.57 Å². The molecular weight excluding hydrogens is 945 g/mol. The summed E-state index contributed by atoms with van der Waals surface area (Å²) in [6.07, 6.45) is 0. The molecule has 1 aliphatic carbocycles. The summed E-state index contributed by atoms with van der Waals surface area (Å²) >= 11 is 0. The number of hydrogen-bond donors (Lipinski definition) is 0. The van der Waals surface area contributed by atoms with Crippen LogP contribution in [0.25, 0.3) is 116 Å². The Bertz CT molecular complexity index is 4500. The maximum atomic E-state index is 6.50. The van der Waals surface area contributed by atoms with E-state index in [-0.39, 0.29) is 5.41 Å². The van der Waals surface area contributed by atoms with Crippen LogP contribution < -0.4 is 4.90 Å². The molecule has 3 nitrogen and oxygen atoms in total. The Morgan fingerprint density at radius 3 is 1.27 bits per heavy atom. The summed E-state index contributed by atoms with van der Waals surface area (Å²) in [5.74, 6) is 0. The van der Waals surface area contributed by atoms with Crippen molar-refractivity contribution >= 4 is 60.8 Å². The summed E-state index contributed by atoms with van der Waals surface area (Å²) in [4.78, 5) is 2.40. The lowest BCUT2D eigenvalue weighted by atomic mass is 9.81. The molecule has 2 aromatic heterocycles. The van der Waals surface area contributed by atoms with Crippen molar-refractivity contribution in [2.45, 2.75) is 19.3 Å². The van der Waals surface area contributed by atoms with Gasteiger partial charge in [0, 0.05) is 49.7 Å². The quantitative estimate of drug-likeness (QED) is 0.144. The van der Waals surface area contributed by atoms with Crippen molar-refractivity contribution in [3.63, 3.8) is 0 Å². The predicted molar refractivity (Wildman–Crippen MR) is 327 cm³/mol. The van der Waals surface area contributed by atoms with Crippen molar-refractivity contribution in [3.8, 4) is 72.4 Å². The van der Waals surface area contributed by atoms with Crippen LogP contribution in [0.15, 0.2) is 283 Å². The first kappa shape index (κ1) is 45.4. The number of hydrogen-bond acceptors (Lipinski definition) is 2. The second-order valence-corrected chi connectivity index (χ2v) is 21.3. The van der Waals surface area contributed by atoms with Crippen LogP contribution in [0.1, 0.15) is 25.0 Å². The molecule has 15 rings (SSSR count). The van der Waals surface area contributed by atoms with E-state index in [0.29, 0.717) is 0 Å². The normalized spacial score (nSPS) is 12.6. The molecule has 3 heteroatoms. The van der Waals surface area contributed by atoms with Gasteiger partial charge < -0.3 is 13.9 Å². The lowest BCUT2D eigenvalue weighted by molar-refractivity contribution is 0.660. The third kappa shape index (κ3) is 7.58. The minimum absolute atomic E-state index is 0.247. The molecule has 78 heavy (non-hydrogen) atoms. The monoisotopic (exact) mass is 996 g/mol. The Labute approximate surface area is 454 Å². The number of nitrogens with zero attached hydrogens (tertiary/aromatic N) is 2. The van der Waals surface area contributed by atoms with E-state index in [0.717, 1.165) is 44.6 Å². The van der Waals surface area contributed by atoms with Crippen LogP contribution >= 0.6 is 0 Å². The SMILES string of the molecule is CC1(C)c2cc(-c3ccc4oc5ccc(-c6ccc(-c7ccc8c(c7)c7ccccc7n8-c7ccccc7)cc6)cc5c4c3)ccc2-c2ccc(N(c3ccc(-c4ccccc4)cc3)c3ccc(-c4ccccc4)cc3)cc21. The zero-order valence-corrected chi connectivity index (χ0v) is 43.4. The average molecular weight is 997 g/mol. The Kier molecular flexibility index (Phi) is 10.6. The van der Waals surface area contributed by atoms with Crippen LogP contribution in [0.3, 0.4) is 0 Å². The molecule has 0 saturated carbocycles. The molecule has 0 spiro atoms. The van der Waals surface area contributed by atoms with Crippen LogP contribution in [0.4, 0.5) is 17.1 Å². The summed E-state index contributed by atoms with van der Waals surface area (Å²) in [6.45, 7) is 4.76. The molecule has 0 N–H and O–H groups in total. The van der Waals surface area contributed by atoms with Gasteiger partial charge >= 0.3 is 0 Å². The fraction of sp³-hybridized carbons (Fsp3) is 0.0400. The second-order valence-electron chi connectivity index (χ2n) is 21.3. The van der Waals surface area contributed by atoms with E-state index >= 15 is 0 Å². The summed E-state index contributed by atoms with van der Waals surface area (Å²) in [5.41, 5.74) is 25.6. The van der Waals surface area contributed by atoms with Gasteiger partial charge in [-0.1, -0.05) is 196 Å². The highest BCUT2D eigenvalue weighted by atomic mass is 16.3. The fourth-order valence-electron chi connectivity index (χ4n) is 12.4. The number of para-hydroxylation sites is 2. The van der Waals surface area contributed by atoms with E-state index in [2.05, 4.69) is 302 Å². The van der Waals surface area contributed by atoms with Crippen molar-refractivity contribution in [2.24, 2.45) is 0 Å². The lowest BCUT2D eigenvalue weighted by Gasteiger charge is -2.28. The number of furan rings is 1. The zero-order valence-electron chi connectivity index (χ0n) is 43.4. The maximum Gasteiger partial charge on any atom is 0.135 e. The number of benzene rings is 12. The van der Waals surface area contributed by atoms with Crippen LogP contribution in [-0.4, -0.2) is 4.57 Å². The van der Waals surface area contributed by atoms with E-state index in [1.807, 2.05) is 0 Å². The molecule has 0 fully saturated rings. The number of aromatic nitrogens is 1. The third-order valence-corrected chi connectivity index (χ3v) is 16.4. The first-order valence-electron chi connectivity index (χ1n) is 27.0. The van der Waals surface area contributed by atoms with Crippen LogP contribution in [0.2, 0.25) is 0 Å². The topological polar surface area (TPSA) is 21.3 Å². The number of anilines is 3. The standard InChI is InChI=1S/C75H52N2O/c1-75(2)69-47-58(30-39-63(69)64-40-38-62(48-70(64)75)76(60-34-26-51(27-35-60)49-14-6-3-7-15-49)61-36-28-52(29-37-61)50-16-8-4-9-17-50)57-33-43-74-68(46-57)67-45-56(32-42-73(67)78-74)54-24-22-53(23-25-54)55-31-41-72-66(44-55)65-20-12-13-21-71(65)77(72)59-18-10-5-11-19-59/h3-48H,1-2H3. The molecule has 14 aromatic rings. The molecule has 0 unspecified atom stereocenters. The van der Waals surface area contributed by atoms with Crippen molar-refractivity contribution in [3.05, 3.63) is 290 Å². The van der Waals surface area contributed by atoms with Crippen LogP contribution in [0, 0.1) is 0 Å².